The van der Waals surface area contributed by atoms with Gasteiger partial charge in [0.25, 0.3) is 0 Å². The third-order valence-electron chi connectivity index (χ3n) is 1.87. The van der Waals surface area contributed by atoms with E-state index in [0.29, 0.717) is 11.3 Å². The molecular formula is C9H9F3N2S2. The van der Waals surface area contributed by atoms with E-state index in [0.717, 1.165) is 12.1 Å². The highest BCUT2D eigenvalue weighted by Gasteiger charge is 2.30. The fourth-order valence-corrected chi connectivity index (χ4v) is 1.53. The van der Waals surface area contributed by atoms with Crippen LogP contribution in [0.2, 0.25) is 0 Å². The lowest BCUT2D eigenvalue weighted by molar-refractivity contribution is -0.137. The van der Waals surface area contributed by atoms with Crippen LogP contribution in [0.1, 0.15) is 11.1 Å². The second-order valence-electron chi connectivity index (χ2n) is 3.02. The molecule has 0 bridgehead atoms. The van der Waals surface area contributed by atoms with Gasteiger partial charge in [-0.1, -0.05) is 6.07 Å². The fraction of sp³-hybridized carbons (Fsp3) is 0.222. The van der Waals surface area contributed by atoms with Gasteiger partial charge in [0.2, 0.25) is 0 Å². The molecule has 88 valence electrons. The minimum absolute atomic E-state index is 0.0812. The van der Waals surface area contributed by atoms with E-state index in [2.05, 4.69) is 30.2 Å². The summed E-state index contributed by atoms with van der Waals surface area (Å²) in [6, 6.07) is 3.30. The van der Waals surface area contributed by atoms with Crippen LogP contribution in [0.25, 0.3) is 0 Å². The molecule has 0 amide bonds. The number of nitrogens with two attached hydrogens (primary N) is 1. The molecule has 1 aromatic rings. The normalized spacial score (nSPS) is 11.2. The van der Waals surface area contributed by atoms with Gasteiger partial charge in [0.15, 0.2) is 5.11 Å². The maximum absolute atomic E-state index is 12.4. The summed E-state index contributed by atoms with van der Waals surface area (Å²) >= 11 is 8.59. The summed E-state index contributed by atoms with van der Waals surface area (Å²) in [5.41, 5.74) is 5.30. The van der Waals surface area contributed by atoms with Crippen LogP contribution in [0, 0.1) is 0 Å². The molecule has 3 N–H and O–H groups in total. The highest BCUT2D eigenvalue weighted by atomic mass is 32.1. The topological polar surface area (TPSA) is 38.0 Å². The zero-order valence-corrected chi connectivity index (χ0v) is 9.72. The molecule has 7 heteroatoms. The Morgan fingerprint density at radius 2 is 2.06 bits per heavy atom. The Labute approximate surface area is 101 Å². The van der Waals surface area contributed by atoms with Gasteiger partial charge in [-0.15, -0.1) is 0 Å². The molecule has 0 heterocycles. The van der Waals surface area contributed by atoms with Crippen LogP contribution in [0.5, 0.6) is 0 Å². The molecule has 0 aliphatic heterocycles. The first-order chi connectivity index (χ1) is 7.34. The molecule has 0 aliphatic carbocycles. The number of benzene rings is 1. The highest BCUT2D eigenvalue weighted by Crippen LogP contribution is 2.32. The Morgan fingerprint density at radius 1 is 1.44 bits per heavy atom. The number of hydrogen-bond donors (Lipinski definition) is 3. The number of halogens is 3. The van der Waals surface area contributed by atoms with Gasteiger partial charge in [0.05, 0.1) is 5.56 Å². The molecule has 0 unspecified atom stereocenters. The summed E-state index contributed by atoms with van der Waals surface area (Å²) in [5.74, 6) is 0.295. The quantitative estimate of drug-likeness (QED) is 0.569. The molecule has 0 radical (unpaired) electrons. The van der Waals surface area contributed by atoms with Gasteiger partial charge in [-0.3, -0.25) is 0 Å². The first-order valence-corrected chi connectivity index (χ1v) is 5.26. The SMILES string of the molecule is NC(=S)Nc1cc(C(F)(F)F)ccc1CS. The average molecular weight is 266 g/mol. The first kappa shape index (κ1) is 13.1. The molecule has 16 heavy (non-hydrogen) atoms. The van der Waals surface area contributed by atoms with Crippen molar-refractivity contribution in [2.75, 3.05) is 5.32 Å². The summed E-state index contributed by atoms with van der Waals surface area (Å²) in [6.45, 7) is 0. The van der Waals surface area contributed by atoms with Gasteiger partial charge in [-0.25, -0.2) is 0 Å². The van der Waals surface area contributed by atoms with E-state index in [4.69, 9.17) is 5.73 Å². The van der Waals surface area contributed by atoms with Crippen molar-refractivity contribution in [2.24, 2.45) is 5.73 Å². The van der Waals surface area contributed by atoms with Crippen molar-refractivity contribution in [3.63, 3.8) is 0 Å². The number of thiocarbonyl (C=S) groups is 1. The highest BCUT2D eigenvalue weighted by molar-refractivity contribution is 7.80. The van der Waals surface area contributed by atoms with Crippen molar-refractivity contribution >= 4 is 35.6 Å². The van der Waals surface area contributed by atoms with Crippen molar-refractivity contribution in [3.05, 3.63) is 29.3 Å². The summed E-state index contributed by atoms with van der Waals surface area (Å²) in [7, 11) is 0. The number of hydrogen-bond acceptors (Lipinski definition) is 2. The fourth-order valence-electron chi connectivity index (χ4n) is 1.14. The molecule has 0 saturated carbocycles. The van der Waals surface area contributed by atoms with Crippen molar-refractivity contribution in [2.45, 2.75) is 11.9 Å². The molecular weight excluding hydrogens is 257 g/mol. The van der Waals surface area contributed by atoms with E-state index in [1.165, 1.54) is 6.07 Å². The zero-order valence-electron chi connectivity index (χ0n) is 8.01. The standard InChI is InChI=1S/C9H9F3N2S2/c10-9(11,12)6-2-1-5(4-15)7(3-6)14-8(13)16/h1-3,15H,4H2,(H3,13,14,16). The molecule has 1 rings (SSSR count). The van der Waals surface area contributed by atoms with Gasteiger partial charge in [0, 0.05) is 11.4 Å². The third kappa shape index (κ3) is 3.28. The summed E-state index contributed by atoms with van der Waals surface area (Å²) in [6.07, 6.45) is -4.39. The van der Waals surface area contributed by atoms with Gasteiger partial charge in [-0.2, -0.15) is 25.8 Å². The second kappa shape index (κ2) is 4.92. The molecule has 0 spiro atoms. The van der Waals surface area contributed by atoms with E-state index in [1.807, 2.05) is 0 Å². The van der Waals surface area contributed by atoms with Gasteiger partial charge in [0.1, 0.15) is 0 Å². The molecule has 0 atom stereocenters. The number of anilines is 1. The maximum atomic E-state index is 12.4. The lowest BCUT2D eigenvalue weighted by Crippen LogP contribution is -2.20. The van der Waals surface area contributed by atoms with E-state index in [-0.39, 0.29) is 10.8 Å². The van der Waals surface area contributed by atoms with Crippen LogP contribution in [0.15, 0.2) is 18.2 Å². The lowest BCUT2D eigenvalue weighted by Gasteiger charge is -2.13. The maximum Gasteiger partial charge on any atom is 0.416 e. The van der Waals surface area contributed by atoms with Crippen molar-refractivity contribution < 1.29 is 13.2 Å². The van der Waals surface area contributed by atoms with Crippen LogP contribution in [0.3, 0.4) is 0 Å². The Balaban J connectivity index is 3.16. The zero-order chi connectivity index (χ0) is 12.3. The Hall–Kier alpha value is -0.950. The van der Waals surface area contributed by atoms with E-state index in [1.54, 1.807) is 0 Å². The first-order valence-electron chi connectivity index (χ1n) is 4.22. The van der Waals surface area contributed by atoms with Gasteiger partial charge < -0.3 is 11.1 Å². The average Bonchev–Trinajstić information content (AvgIpc) is 2.15. The Bertz CT molecular complexity index is 404. The van der Waals surface area contributed by atoms with E-state index < -0.39 is 11.7 Å². The number of rotatable bonds is 2. The summed E-state index contributed by atoms with van der Waals surface area (Å²) in [4.78, 5) is 0. The van der Waals surface area contributed by atoms with Crippen LogP contribution in [-0.2, 0) is 11.9 Å². The van der Waals surface area contributed by atoms with Crippen molar-refractivity contribution in [3.8, 4) is 0 Å². The molecule has 1 aromatic carbocycles. The van der Waals surface area contributed by atoms with E-state index in [9.17, 15) is 13.2 Å². The van der Waals surface area contributed by atoms with Crippen molar-refractivity contribution in [1.29, 1.82) is 0 Å². The molecule has 2 nitrogen and oxygen atoms in total. The van der Waals surface area contributed by atoms with Gasteiger partial charge >= 0.3 is 6.18 Å². The molecule has 0 aliphatic rings. The minimum Gasteiger partial charge on any atom is -0.376 e. The van der Waals surface area contributed by atoms with Crippen molar-refractivity contribution in [1.82, 2.24) is 0 Å². The number of alkyl halides is 3. The predicted molar refractivity (Wildman–Crippen MR) is 64.5 cm³/mol. The smallest absolute Gasteiger partial charge is 0.376 e. The minimum atomic E-state index is -4.39. The van der Waals surface area contributed by atoms with Crippen LogP contribution < -0.4 is 11.1 Å². The van der Waals surface area contributed by atoms with Crippen LogP contribution >= 0.6 is 24.8 Å². The monoisotopic (exact) mass is 266 g/mol. The Morgan fingerprint density at radius 3 is 2.50 bits per heavy atom. The largest absolute Gasteiger partial charge is 0.416 e. The molecule has 0 fully saturated rings. The van der Waals surface area contributed by atoms with Crippen LogP contribution in [-0.4, -0.2) is 5.11 Å². The summed E-state index contributed by atoms with van der Waals surface area (Å²) < 4.78 is 37.3. The number of thiol groups is 1. The predicted octanol–water partition coefficient (Wildman–Crippen LogP) is 2.79. The Kier molecular flexibility index (Phi) is 4.03. The van der Waals surface area contributed by atoms with Crippen LogP contribution in [0.4, 0.5) is 18.9 Å². The lowest BCUT2D eigenvalue weighted by atomic mass is 10.1. The van der Waals surface area contributed by atoms with Gasteiger partial charge in [-0.05, 0) is 29.9 Å². The molecule has 0 aromatic heterocycles. The molecule has 0 saturated heterocycles. The third-order valence-corrected chi connectivity index (χ3v) is 2.31. The number of nitrogens with one attached hydrogen (secondary N) is 1. The summed E-state index contributed by atoms with van der Waals surface area (Å²) in [5, 5.41) is 2.42. The van der Waals surface area contributed by atoms with E-state index >= 15 is 0 Å². The second-order valence-corrected chi connectivity index (χ2v) is 3.77.